The summed E-state index contributed by atoms with van der Waals surface area (Å²) >= 11 is 3.41. The molecule has 2 aliphatic heterocycles. The third-order valence-corrected chi connectivity index (χ3v) is 7.90. The smallest absolute Gasteiger partial charge is 0.325 e. The van der Waals surface area contributed by atoms with Gasteiger partial charge in [-0.3, -0.25) is 19.5 Å². The molecular weight excluding hydrogens is 546 g/mol. The van der Waals surface area contributed by atoms with Crippen molar-refractivity contribution in [3.05, 3.63) is 100 Å². The van der Waals surface area contributed by atoms with Crippen LogP contribution >= 0.6 is 15.9 Å². The third kappa shape index (κ3) is 5.79. The number of imide groups is 1. The summed E-state index contributed by atoms with van der Waals surface area (Å²) < 4.78 is 0.952. The number of amides is 4. The first-order chi connectivity index (χ1) is 18.4. The van der Waals surface area contributed by atoms with Crippen LogP contribution in [-0.2, 0) is 11.3 Å². The number of hydrogen-bond donors (Lipinski definition) is 2. The number of benzene rings is 2. The highest BCUT2D eigenvalue weighted by atomic mass is 79.9. The summed E-state index contributed by atoms with van der Waals surface area (Å²) in [7, 11) is 0. The molecule has 1 unspecified atom stereocenters. The number of likely N-dealkylation sites (tertiary alicyclic amines) is 1. The lowest BCUT2D eigenvalue weighted by molar-refractivity contribution is -0.133. The number of nitrogens with one attached hydrogen (secondary N) is 2. The van der Waals surface area contributed by atoms with Crippen LogP contribution < -0.4 is 10.6 Å². The van der Waals surface area contributed by atoms with E-state index in [9.17, 15) is 14.4 Å². The van der Waals surface area contributed by atoms with Gasteiger partial charge in [-0.15, -0.1) is 0 Å². The van der Waals surface area contributed by atoms with Crippen LogP contribution in [0.1, 0.15) is 46.8 Å². The molecule has 2 fully saturated rings. The average Bonchev–Trinajstić information content (AvgIpc) is 3.17. The van der Waals surface area contributed by atoms with Gasteiger partial charge in [-0.2, -0.15) is 0 Å². The van der Waals surface area contributed by atoms with E-state index in [1.54, 1.807) is 24.5 Å². The van der Waals surface area contributed by atoms with Crippen LogP contribution in [0, 0.1) is 0 Å². The highest BCUT2D eigenvalue weighted by Gasteiger charge is 2.52. The lowest BCUT2D eigenvalue weighted by Crippen LogP contribution is -2.55. The normalized spacial score (nSPS) is 17.9. The SMILES string of the molecule is O=C(NC(CCN1CCC2(CC1)NC(=O)N(Cc1ccc(Br)cc1)C2=O)c1ccccc1)c1cccnc1. The first kappa shape index (κ1) is 26.1. The Balaban J connectivity index is 1.19. The fourth-order valence-corrected chi connectivity index (χ4v) is 5.41. The Morgan fingerprint density at radius 2 is 1.76 bits per heavy atom. The molecule has 8 nitrogen and oxygen atoms in total. The Labute approximate surface area is 230 Å². The maximum Gasteiger partial charge on any atom is 0.325 e. The second-order valence-corrected chi connectivity index (χ2v) is 10.8. The van der Waals surface area contributed by atoms with Crippen molar-refractivity contribution >= 4 is 33.8 Å². The predicted octanol–water partition coefficient (Wildman–Crippen LogP) is 4.29. The highest BCUT2D eigenvalue weighted by molar-refractivity contribution is 9.10. The van der Waals surface area contributed by atoms with Gasteiger partial charge in [0, 0.05) is 36.5 Å². The topological polar surface area (TPSA) is 94.6 Å². The quantitative estimate of drug-likeness (QED) is 0.391. The molecule has 3 heterocycles. The Morgan fingerprint density at radius 3 is 2.45 bits per heavy atom. The largest absolute Gasteiger partial charge is 0.345 e. The molecule has 9 heteroatoms. The lowest BCUT2D eigenvalue weighted by Gasteiger charge is -2.37. The van der Waals surface area contributed by atoms with Crippen molar-refractivity contribution in [2.24, 2.45) is 0 Å². The van der Waals surface area contributed by atoms with Crippen molar-refractivity contribution < 1.29 is 14.4 Å². The maximum atomic E-state index is 13.3. The van der Waals surface area contributed by atoms with E-state index in [0.717, 1.165) is 28.6 Å². The van der Waals surface area contributed by atoms with Gasteiger partial charge in [-0.25, -0.2) is 4.79 Å². The molecule has 2 aliphatic rings. The zero-order valence-corrected chi connectivity index (χ0v) is 22.6. The molecule has 5 rings (SSSR count). The molecule has 38 heavy (non-hydrogen) atoms. The van der Waals surface area contributed by atoms with Gasteiger partial charge in [0.05, 0.1) is 18.2 Å². The number of aromatic nitrogens is 1. The van der Waals surface area contributed by atoms with Crippen molar-refractivity contribution in [1.29, 1.82) is 0 Å². The van der Waals surface area contributed by atoms with Gasteiger partial charge in [0.15, 0.2) is 0 Å². The van der Waals surface area contributed by atoms with Gasteiger partial charge in [0.25, 0.3) is 11.8 Å². The molecule has 0 radical (unpaired) electrons. The van der Waals surface area contributed by atoms with E-state index in [-0.39, 0.29) is 30.4 Å². The Morgan fingerprint density at radius 1 is 1.03 bits per heavy atom. The standard InChI is InChI=1S/C29H30BrN5O3/c30-24-10-8-21(9-11-24)20-35-27(37)29(33-28(35)38)13-17-34(18-14-29)16-12-25(22-5-2-1-3-6-22)32-26(36)23-7-4-15-31-19-23/h1-11,15,19,25H,12-14,16-18,20H2,(H,32,36)(H,33,38). The molecular formula is C29H30BrN5O3. The highest BCUT2D eigenvalue weighted by Crippen LogP contribution is 2.31. The minimum absolute atomic E-state index is 0.143. The van der Waals surface area contributed by atoms with Crippen molar-refractivity contribution in [3.8, 4) is 0 Å². The maximum absolute atomic E-state index is 13.3. The number of halogens is 1. The van der Waals surface area contributed by atoms with Crippen LogP contribution in [0.5, 0.6) is 0 Å². The second kappa shape index (κ2) is 11.4. The zero-order valence-electron chi connectivity index (χ0n) is 21.0. The van der Waals surface area contributed by atoms with Gasteiger partial charge in [0.2, 0.25) is 0 Å². The van der Waals surface area contributed by atoms with E-state index >= 15 is 0 Å². The molecule has 2 aromatic carbocycles. The van der Waals surface area contributed by atoms with Gasteiger partial charge >= 0.3 is 6.03 Å². The number of nitrogens with zero attached hydrogens (tertiary/aromatic N) is 3. The van der Waals surface area contributed by atoms with E-state index in [1.807, 2.05) is 54.6 Å². The van der Waals surface area contributed by atoms with Crippen molar-refractivity contribution in [3.63, 3.8) is 0 Å². The molecule has 3 aromatic rings. The number of pyridine rings is 1. The van der Waals surface area contributed by atoms with Crippen LogP contribution in [0.25, 0.3) is 0 Å². The number of carbonyl (C=O) groups excluding carboxylic acids is 3. The molecule has 196 valence electrons. The van der Waals surface area contributed by atoms with Gasteiger partial charge < -0.3 is 15.5 Å². The Bertz CT molecular complexity index is 1280. The zero-order chi connectivity index (χ0) is 26.5. The molecule has 0 aliphatic carbocycles. The summed E-state index contributed by atoms with van der Waals surface area (Å²) in [6.07, 6.45) is 5.05. The first-order valence-electron chi connectivity index (χ1n) is 12.8. The summed E-state index contributed by atoms with van der Waals surface area (Å²) in [6.45, 7) is 2.40. The van der Waals surface area contributed by atoms with Crippen LogP contribution in [0.4, 0.5) is 4.79 Å². The molecule has 2 N–H and O–H groups in total. The number of urea groups is 1. The summed E-state index contributed by atoms with van der Waals surface area (Å²) in [5.41, 5.74) is 1.64. The fourth-order valence-electron chi connectivity index (χ4n) is 5.15. The van der Waals surface area contributed by atoms with Crippen LogP contribution in [0.2, 0.25) is 0 Å². The van der Waals surface area contributed by atoms with Crippen LogP contribution in [-0.4, -0.2) is 57.8 Å². The number of carbonyl (C=O) groups is 3. The van der Waals surface area contributed by atoms with E-state index in [2.05, 4.69) is 36.4 Å². The Hall–Kier alpha value is -3.56. The van der Waals surface area contributed by atoms with Crippen LogP contribution in [0.3, 0.4) is 0 Å². The van der Waals surface area contributed by atoms with Crippen molar-refractivity contribution in [2.45, 2.75) is 37.4 Å². The molecule has 1 aromatic heterocycles. The molecule has 1 atom stereocenters. The molecule has 2 saturated heterocycles. The fraction of sp³-hybridized carbons (Fsp3) is 0.310. The summed E-state index contributed by atoms with van der Waals surface area (Å²) in [5, 5.41) is 6.15. The summed E-state index contributed by atoms with van der Waals surface area (Å²) in [4.78, 5) is 46.6. The average molecular weight is 576 g/mol. The predicted molar refractivity (Wildman–Crippen MR) is 147 cm³/mol. The minimum Gasteiger partial charge on any atom is -0.345 e. The minimum atomic E-state index is -0.837. The van der Waals surface area contributed by atoms with Gasteiger partial charge in [-0.05, 0) is 54.7 Å². The molecule has 4 amide bonds. The van der Waals surface area contributed by atoms with Gasteiger partial charge in [-0.1, -0.05) is 58.4 Å². The number of hydrogen-bond acceptors (Lipinski definition) is 5. The lowest BCUT2D eigenvalue weighted by atomic mass is 9.87. The second-order valence-electron chi connectivity index (χ2n) is 9.84. The van der Waals surface area contributed by atoms with Gasteiger partial charge in [0.1, 0.15) is 5.54 Å². The summed E-state index contributed by atoms with van der Waals surface area (Å²) in [5.74, 6) is -0.300. The van der Waals surface area contributed by atoms with E-state index in [1.165, 1.54) is 4.90 Å². The van der Waals surface area contributed by atoms with Crippen molar-refractivity contribution in [1.82, 2.24) is 25.4 Å². The van der Waals surface area contributed by atoms with Crippen LogP contribution in [0.15, 0.2) is 83.6 Å². The van der Waals surface area contributed by atoms with E-state index < -0.39 is 5.54 Å². The number of rotatable bonds is 8. The molecule has 0 saturated carbocycles. The molecule has 1 spiro atoms. The first-order valence-corrected chi connectivity index (χ1v) is 13.6. The third-order valence-electron chi connectivity index (χ3n) is 7.37. The van der Waals surface area contributed by atoms with Crippen molar-refractivity contribution in [2.75, 3.05) is 19.6 Å². The van der Waals surface area contributed by atoms with E-state index in [0.29, 0.717) is 31.5 Å². The molecule has 0 bridgehead atoms. The monoisotopic (exact) mass is 575 g/mol. The Kier molecular flexibility index (Phi) is 7.85. The summed E-state index contributed by atoms with van der Waals surface area (Å²) in [6, 6.07) is 20.6. The van der Waals surface area contributed by atoms with E-state index in [4.69, 9.17) is 0 Å². The number of piperidine rings is 1.